The molecule has 1 unspecified atom stereocenters. The SMILES string of the molecule is C=CC1=CC(C)(C)CC1OC(C)=O. The predicted molar refractivity (Wildman–Crippen MR) is 52.2 cm³/mol. The van der Waals surface area contributed by atoms with E-state index >= 15 is 0 Å². The van der Waals surface area contributed by atoms with Crippen LogP contribution in [0.4, 0.5) is 0 Å². The third kappa shape index (κ3) is 2.44. The van der Waals surface area contributed by atoms with Gasteiger partial charge in [0, 0.05) is 6.92 Å². The smallest absolute Gasteiger partial charge is 0.303 e. The lowest BCUT2D eigenvalue weighted by molar-refractivity contribution is -0.144. The van der Waals surface area contributed by atoms with Gasteiger partial charge in [0.2, 0.25) is 0 Å². The van der Waals surface area contributed by atoms with Crippen LogP contribution in [-0.4, -0.2) is 12.1 Å². The van der Waals surface area contributed by atoms with E-state index < -0.39 is 0 Å². The van der Waals surface area contributed by atoms with E-state index in [2.05, 4.69) is 26.5 Å². The fourth-order valence-electron chi connectivity index (χ4n) is 1.70. The first-order valence-electron chi connectivity index (χ1n) is 4.47. The third-order valence-corrected chi connectivity index (χ3v) is 2.18. The molecule has 0 bridgehead atoms. The minimum atomic E-state index is -0.226. The first-order valence-corrected chi connectivity index (χ1v) is 4.47. The summed E-state index contributed by atoms with van der Waals surface area (Å²) in [6.45, 7) is 9.39. The molecule has 0 aromatic rings. The van der Waals surface area contributed by atoms with Crippen molar-refractivity contribution in [1.82, 2.24) is 0 Å². The molecule has 1 atom stereocenters. The average molecular weight is 180 g/mol. The van der Waals surface area contributed by atoms with E-state index in [-0.39, 0.29) is 17.5 Å². The fraction of sp³-hybridized carbons (Fsp3) is 0.545. The highest BCUT2D eigenvalue weighted by Gasteiger charge is 2.32. The minimum absolute atomic E-state index is 0.0926. The highest BCUT2D eigenvalue weighted by Crippen LogP contribution is 2.37. The number of rotatable bonds is 2. The Bertz CT molecular complexity index is 261. The summed E-state index contributed by atoms with van der Waals surface area (Å²) in [5, 5.41) is 0. The second-order valence-electron chi connectivity index (χ2n) is 4.14. The van der Waals surface area contributed by atoms with Crippen LogP contribution < -0.4 is 0 Å². The Labute approximate surface area is 79.3 Å². The normalized spacial score (nSPS) is 25.2. The Morgan fingerprint density at radius 2 is 2.38 bits per heavy atom. The highest BCUT2D eigenvalue weighted by atomic mass is 16.5. The van der Waals surface area contributed by atoms with Gasteiger partial charge in [-0.1, -0.05) is 32.6 Å². The van der Waals surface area contributed by atoms with Crippen molar-refractivity contribution in [2.45, 2.75) is 33.3 Å². The maximum Gasteiger partial charge on any atom is 0.303 e. The molecule has 1 aliphatic rings. The zero-order valence-electron chi connectivity index (χ0n) is 8.46. The summed E-state index contributed by atoms with van der Waals surface area (Å²) >= 11 is 0. The number of ether oxygens (including phenoxy) is 1. The first kappa shape index (κ1) is 10.0. The first-order chi connectivity index (χ1) is 5.94. The van der Waals surface area contributed by atoms with Gasteiger partial charge in [0.1, 0.15) is 6.10 Å². The van der Waals surface area contributed by atoms with Crippen molar-refractivity contribution in [1.29, 1.82) is 0 Å². The van der Waals surface area contributed by atoms with Gasteiger partial charge in [-0.05, 0) is 17.4 Å². The number of hydrogen-bond donors (Lipinski definition) is 0. The number of carbonyl (C=O) groups is 1. The van der Waals surface area contributed by atoms with Gasteiger partial charge < -0.3 is 4.74 Å². The lowest BCUT2D eigenvalue weighted by atomic mass is 9.93. The summed E-state index contributed by atoms with van der Waals surface area (Å²) in [4.78, 5) is 10.8. The molecule has 0 spiro atoms. The summed E-state index contributed by atoms with van der Waals surface area (Å²) in [6.07, 6.45) is 4.65. The van der Waals surface area contributed by atoms with Crippen LogP contribution in [0.25, 0.3) is 0 Å². The van der Waals surface area contributed by atoms with E-state index in [0.717, 1.165) is 12.0 Å². The van der Waals surface area contributed by atoms with Gasteiger partial charge in [-0.15, -0.1) is 0 Å². The topological polar surface area (TPSA) is 26.3 Å². The molecular weight excluding hydrogens is 164 g/mol. The second kappa shape index (κ2) is 3.36. The van der Waals surface area contributed by atoms with Crippen LogP contribution in [0.5, 0.6) is 0 Å². The highest BCUT2D eigenvalue weighted by molar-refractivity contribution is 5.66. The summed E-state index contributed by atoms with van der Waals surface area (Å²) in [7, 11) is 0. The molecule has 13 heavy (non-hydrogen) atoms. The van der Waals surface area contributed by atoms with Crippen LogP contribution in [0.3, 0.4) is 0 Å². The molecule has 0 aromatic carbocycles. The summed E-state index contributed by atoms with van der Waals surface area (Å²) < 4.78 is 5.17. The average Bonchev–Trinajstić information content (AvgIpc) is 2.24. The van der Waals surface area contributed by atoms with Crippen LogP contribution >= 0.6 is 0 Å². The molecule has 0 heterocycles. The number of carbonyl (C=O) groups excluding carboxylic acids is 1. The second-order valence-corrected chi connectivity index (χ2v) is 4.14. The molecule has 0 aromatic heterocycles. The molecule has 0 radical (unpaired) electrons. The Kier molecular flexibility index (Phi) is 2.60. The van der Waals surface area contributed by atoms with Gasteiger partial charge in [0.15, 0.2) is 0 Å². The van der Waals surface area contributed by atoms with E-state index in [1.165, 1.54) is 6.92 Å². The van der Waals surface area contributed by atoms with E-state index in [0.29, 0.717) is 0 Å². The third-order valence-electron chi connectivity index (χ3n) is 2.18. The van der Waals surface area contributed by atoms with Crippen LogP contribution in [0.2, 0.25) is 0 Å². The largest absolute Gasteiger partial charge is 0.458 e. The van der Waals surface area contributed by atoms with Gasteiger partial charge >= 0.3 is 5.97 Å². The maximum absolute atomic E-state index is 10.8. The molecule has 0 aliphatic heterocycles. The van der Waals surface area contributed by atoms with Gasteiger partial charge in [-0.25, -0.2) is 0 Å². The molecule has 0 fully saturated rings. The predicted octanol–water partition coefficient (Wildman–Crippen LogP) is 2.46. The Morgan fingerprint density at radius 1 is 1.77 bits per heavy atom. The van der Waals surface area contributed by atoms with Crippen molar-refractivity contribution in [2.75, 3.05) is 0 Å². The molecule has 0 saturated carbocycles. The van der Waals surface area contributed by atoms with Gasteiger partial charge in [-0.3, -0.25) is 4.79 Å². The number of esters is 1. The fourth-order valence-corrected chi connectivity index (χ4v) is 1.70. The molecule has 1 rings (SSSR count). The van der Waals surface area contributed by atoms with Gasteiger partial charge in [0.25, 0.3) is 0 Å². The maximum atomic E-state index is 10.8. The van der Waals surface area contributed by atoms with Gasteiger partial charge in [-0.2, -0.15) is 0 Å². The van der Waals surface area contributed by atoms with E-state index in [4.69, 9.17) is 4.74 Å². The van der Waals surface area contributed by atoms with E-state index in [1.807, 2.05) is 0 Å². The molecule has 1 aliphatic carbocycles. The van der Waals surface area contributed by atoms with Crippen molar-refractivity contribution < 1.29 is 9.53 Å². The number of hydrogen-bond acceptors (Lipinski definition) is 2. The molecular formula is C11H16O2. The zero-order valence-corrected chi connectivity index (χ0v) is 8.46. The zero-order chi connectivity index (χ0) is 10.1. The molecule has 0 saturated heterocycles. The Morgan fingerprint density at radius 3 is 2.85 bits per heavy atom. The Balaban J connectivity index is 2.75. The van der Waals surface area contributed by atoms with Crippen LogP contribution in [0.15, 0.2) is 24.3 Å². The molecule has 0 N–H and O–H groups in total. The summed E-state index contributed by atoms with van der Waals surface area (Å²) in [5.74, 6) is -0.226. The lowest BCUT2D eigenvalue weighted by Gasteiger charge is -2.17. The molecule has 0 amide bonds. The van der Waals surface area contributed by atoms with Gasteiger partial charge in [0.05, 0.1) is 0 Å². The minimum Gasteiger partial charge on any atom is -0.458 e. The van der Waals surface area contributed by atoms with E-state index in [9.17, 15) is 4.79 Å². The summed E-state index contributed by atoms with van der Waals surface area (Å²) in [6, 6.07) is 0. The quantitative estimate of drug-likeness (QED) is 0.610. The van der Waals surface area contributed by atoms with E-state index in [1.54, 1.807) is 6.08 Å². The van der Waals surface area contributed by atoms with Crippen molar-refractivity contribution in [2.24, 2.45) is 5.41 Å². The van der Waals surface area contributed by atoms with Crippen molar-refractivity contribution >= 4 is 5.97 Å². The van der Waals surface area contributed by atoms with Crippen molar-refractivity contribution in [3.05, 3.63) is 24.3 Å². The molecule has 2 heteroatoms. The van der Waals surface area contributed by atoms with Crippen LogP contribution in [0, 0.1) is 5.41 Å². The number of allylic oxidation sites excluding steroid dienone is 1. The summed E-state index contributed by atoms with van der Waals surface area (Å²) in [5.41, 5.74) is 1.14. The van der Waals surface area contributed by atoms with Crippen LogP contribution in [0.1, 0.15) is 27.2 Å². The van der Waals surface area contributed by atoms with Crippen LogP contribution in [-0.2, 0) is 9.53 Å². The molecule has 72 valence electrons. The van der Waals surface area contributed by atoms with Crippen molar-refractivity contribution in [3.8, 4) is 0 Å². The monoisotopic (exact) mass is 180 g/mol. The standard InChI is InChI=1S/C11H16O2/c1-5-9-6-11(3,4)7-10(9)13-8(2)12/h5-6,10H,1,7H2,2-4H3. The van der Waals surface area contributed by atoms with Crippen molar-refractivity contribution in [3.63, 3.8) is 0 Å². The molecule has 2 nitrogen and oxygen atoms in total. The Hall–Kier alpha value is -1.05. The lowest BCUT2D eigenvalue weighted by Crippen LogP contribution is -2.17.